The third-order valence-corrected chi connectivity index (χ3v) is 3.52. The minimum Gasteiger partial charge on any atom is -0.393 e. The first kappa shape index (κ1) is 18.9. The van der Waals surface area contributed by atoms with Gasteiger partial charge in [0, 0.05) is 24.8 Å². The standard InChI is InChI=1S/C18H25F2N5/c1-11(2)8-25(9-12(3)4)18-16(21)17(22-10-23-18)24-13-5-6-14(19)15(20)7-13/h5-7,10-12H,8-9,21H2,1-4H3,(H,22,23,24). The van der Waals surface area contributed by atoms with Gasteiger partial charge in [-0.2, -0.15) is 0 Å². The Labute approximate surface area is 147 Å². The van der Waals surface area contributed by atoms with Crippen molar-refractivity contribution in [2.24, 2.45) is 11.8 Å². The van der Waals surface area contributed by atoms with Crippen LogP contribution >= 0.6 is 0 Å². The lowest BCUT2D eigenvalue weighted by atomic mass is 10.1. The molecule has 0 saturated carbocycles. The maximum absolute atomic E-state index is 13.4. The molecule has 0 atom stereocenters. The van der Waals surface area contributed by atoms with E-state index in [1.165, 1.54) is 12.4 Å². The fourth-order valence-electron chi connectivity index (χ4n) is 2.58. The lowest BCUT2D eigenvalue weighted by Gasteiger charge is -2.28. The number of nitrogens with two attached hydrogens (primary N) is 1. The van der Waals surface area contributed by atoms with Gasteiger partial charge in [-0.15, -0.1) is 0 Å². The second-order valence-corrected chi connectivity index (χ2v) is 6.91. The van der Waals surface area contributed by atoms with Gasteiger partial charge in [-0.3, -0.25) is 0 Å². The molecule has 0 aliphatic heterocycles. The van der Waals surface area contributed by atoms with Gasteiger partial charge in [-0.05, 0) is 24.0 Å². The molecule has 0 saturated heterocycles. The number of hydrogen-bond donors (Lipinski definition) is 2. The summed E-state index contributed by atoms with van der Waals surface area (Å²) in [6.45, 7) is 10.1. The Kier molecular flexibility index (Phi) is 6.12. The van der Waals surface area contributed by atoms with E-state index < -0.39 is 11.6 Å². The summed E-state index contributed by atoms with van der Waals surface area (Å²) in [4.78, 5) is 10.6. The van der Waals surface area contributed by atoms with Crippen LogP contribution in [-0.2, 0) is 0 Å². The highest BCUT2D eigenvalue weighted by atomic mass is 19.2. The van der Waals surface area contributed by atoms with Gasteiger partial charge in [-0.25, -0.2) is 18.7 Å². The molecule has 0 aliphatic carbocycles. The largest absolute Gasteiger partial charge is 0.393 e. The van der Waals surface area contributed by atoms with E-state index >= 15 is 0 Å². The van der Waals surface area contributed by atoms with E-state index in [4.69, 9.17) is 5.73 Å². The van der Waals surface area contributed by atoms with E-state index in [-0.39, 0.29) is 0 Å². The third kappa shape index (κ3) is 5.01. The van der Waals surface area contributed by atoms with Crippen LogP contribution in [0.25, 0.3) is 0 Å². The highest BCUT2D eigenvalue weighted by Crippen LogP contribution is 2.29. The number of aromatic nitrogens is 2. The molecule has 0 unspecified atom stereocenters. The number of benzene rings is 1. The van der Waals surface area contributed by atoms with Crippen molar-refractivity contribution in [3.63, 3.8) is 0 Å². The Morgan fingerprint density at radius 2 is 1.68 bits per heavy atom. The van der Waals surface area contributed by atoms with Crippen LogP contribution in [0, 0.1) is 23.5 Å². The molecular weight excluding hydrogens is 324 g/mol. The SMILES string of the molecule is CC(C)CN(CC(C)C)c1ncnc(Nc2ccc(F)c(F)c2)c1N. The summed E-state index contributed by atoms with van der Waals surface area (Å²) in [7, 11) is 0. The molecule has 0 fully saturated rings. The van der Waals surface area contributed by atoms with E-state index in [1.807, 2.05) is 0 Å². The number of nitrogens with zero attached hydrogens (tertiary/aromatic N) is 3. The first-order chi connectivity index (χ1) is 11.8. The van der Waals surface area contributed by atoms with Crippen LogP contribution in [0.2, 0.25) is 0 Å². The minimum absolute atomic E-state index is 0.369. The Hall–Kier alpha value is -2.44. The molecule has 0 bridgehead atoms. The van der Waals surface area contributed by atoms with Crippen molar-refractivity contribution in [1.82, 2.24) is 9.97 Å². The lowest BCUT2D eigenvalue weighted by Crippen LogP contribution is -2.32. The van der Waals surface area contributed by atoms with Crippen molar-refractivity contribution < 1.29 is 8.78 Å². The molecule has 0 aliphatic rings. The predicted molar refractivity (Wildman–Crippen MR) is 98.0 cm³/mol. The molecule has 0 amide bonds. The Morgan fingerprint density at radius 1 is 1.04 bits per heavy atom. The molecule has 2 aromatic rings. The van der Waals surface area contributed by atoms with Crippen LogP contribution in [0.5, 0.6) is 0 Å². The first-order valence-electron chi connectivity index (χ1n) is 8.35. The number of anilines is 4. The topological polar surface area (TPSA) is 67.1 Å². The number of halogens is 2. The zero-order valence-electron chi connectivity index (χ0n) is 15.1. The van der Waals surface area contributed by atoms with Gasteiger partial charge in [0.2, 0.25) is 0 Å². The highest BCUT2D eigenvalue weighted by molar-refractivity contribution is 5.78. The molecule has 0 radical (unpaired) electrons. The number of rotatable bonds is 7. The van der Waals surface area contributed by atoms with Gasteiger partial charge in [0.1, 0.15) is 12.0 Å². The van der Waals surface area contributed by atoms with Gasteiger partial charge in [0.25, 0.3) is 0 Å². The van der Waals surface area contributed by atoms with Crippen LogP contribution in [-0.4, -0.2) is 23.1 Å². The van der Waals surface area contributed by atoms with Crippen molar-refractivity contribution in [2.45, 2.75) is 27.7 Å². The Bertz CT molecular complexity index is 709. The van der Waals surface area contributed by atoms with Crippen LogP contribution < -0.4 is 16.0 Å². The number of nitrogen functional groups attached to an aromatic ring is 1. The molecule has 25 heavy (non-hydrogen) atoms. The average Bonchev–Trinajstić information content (AvgIpc) is 2.51. The number of hydrogen-bond acceptors (Lipinski definition) is 5. The highest BCUT2D eigenvalue weighted by Gasteiger charge is 2.17. The zero-order valence-corrected chi connectivity index (χ0v) is 15.1. The minimum atomic E-state index is -0.931. The molecule has 1 aromatic carbocycles. The Morgan fingerprint density at radius 3 is 2.24 bits per heavy atom. The van der Waals surface area contributed by atoms with Crippen LogP contribution in [0.3, 0.4) is 0 Å². The third-order valence-electron chi connectivity index (χ3n) is 3.52. The van der Waals surface area contributed by atoms with Gasteiger partial charge in [-0.1, -0.05) is 27.7 Å². The van der Waals surface area contributed by atoms with Crippen molar-refractivity contribution in [3.05, 3.63) is 36.2 Å². The second-order valence-electron chi connectivity index (χ2n) is 6.91. The van der Waals surface area contributed by atoms with Gasteiger partial charge in [0.15, 0.2) is 23.3 Å². The van der Waals surface area contributed by atoms with E-state index in [0.717, 1.165) is 25.2 Å². The van der Waals surface area contributed by atoms with Gasteiger partial charge >= 0.3 is 0 Å². The maximum Gasteiger partial charge on any atom is 0.160 e. The molecule has 5 nitrogen and oxygen atoms in total. The lowest BCUT2D eigenvalue weighted by molar-refractivity contribution is 0.509. The van der Waals surface area contributed by atoms with Gasteiger partial charge in [0.05, 0.1) is 0 Å². The molecule has 1 aromatic heterocycles. The molecule has 0 spiro atoms. The Balaban J connectivity index is 2.31. The summed E-state index contributed by atoms with van der Waals surface area (Å²) in [6, 6.07) is 3.55. The quantitative estimate of drug-likeness (QED) is 0.784. The van der Waals surface area contributed by atoms with Crippen LogP contribution in [0.15, 0.2) is 24.5 Å². The summed E-state index contributed by atoms with van der Waals surface area (Å²) >= 11 is 0. The van der Waals surface area contributed by atoms with E-state index in [2.05, 4.69) is 47.9 Å². The van der Waals surface area contributed by atoms with Crippen molar-refractivity contribution in [3.8, 4) is 0 Å². The molecule has 2 rings (SSSR count). The number of nitrogens with one attached hydrogen (secondary N) is 1. The molecule has 7 heteroatoms. The normalized spacial score (nSPS) is 11.2. The van der Waals surface area contributed by atoms with Crippen LogP contribution in [0.1, 0.15) is 27.7 Å². The molecule has 136 valence electrons. The van der Waals surface area contributed by atoms with Crippen molar-refractivity contribution in [2.75, 3.05) is 29.0 Å². The van der Waals surface area contributed by atoms with E-state index in [9.17, 15) is 8.78 Å². The van der Waals surface area contributed by atoms with Gasteiger partial charge < -0.3 is 16.0 Å². The summed E-state index contributed by atoms with van der Waals surface area (Å²) in [5.74, 6) is 0.0588. The maximum atomic E-state index is 13.4. The summed E-state index contributed by atoms with van der Waals surface area (Å²) in [5, 5.41) is 2.93. The molecule has 1 heterocycles. The van der Waals surface area contributed by atoms with E-state index in [1.54, 1.807) is 0 Å². The first-order valence-corrected chi connectivity index (χ1v) is 8.35. The molecule has 3 N–H and O–H groups in total. The smallest absolute Gasteiger partial charge is 0.160 e. The van der Waals surface area contributed by atoms with Crippen molar-refractivity contribution >= 4 is 23.0 Å². The summed E-state index contributed by atoms with van der Waals surface area (Å²) in [6.07, 6.45) is 1.42. The fraction of sp³-hybridized carbons (Fsp3) is 0.444. The van der Waals surface area contributed by atoms with Crippen molar-refractivity contribution in [1.29, 1.82) is 0 Å². The predicted octanol–water partition coefficient (Wildman–Crippen LogP) is 4.20. The average molecular weight is 349 g/mol. The molecular formula is C18H25F2N5. The fourth-order valence-corrected chi connectivity index (χ4v) is 2.58. The van der Waals surface area contributed by atoms with E-state index in [0.29, 0.717) is 34.8 Å². The zero-order chi connectivity index (χ0) is 18.6. The van der Waals surface area contributed by atoms with Crippen LogP contribution in [0.4, 0.5) is 31.8 Å². The summed E-state index contributed by atoms with van der Waals surface area (Å²) < 4.78 is 26.5. The monoisotopic (exact) mass is 349 g/mol. The second kappa shape index (κ2) is 8.09. The summed E-state index contributed by atoms with van der Waals surface area (Å²) in [5.41, 5.74) is 7.01.